The predicted octanol–water partition coefficient (Wildman–Crippen LogP) is 2.07. The minimum absolute atomic E-state index is 0.225. The molecule has 0 spiro atoms. The van der Waals surface area contributed by atoms with E-state index >= 15 is 0 Å². The van der Waals surface area contributed by atoms with Crippen molar-refractivity contribution in [1.82, 2.24) is 10.3 Å². The third-order valence-electron chi connectivity index (χ3n) is 1.95. The first-order valence-electron chi connectivity index (χ1n) is 5.50. The third kappa shape index (κ3) is 4.72. The predicted molar refractivity (Wildman–Crippen MR) is 70.5 cm³/mol. The minimum atomic E-state index is -0.249. The lowest BCUT2D eigenvalue weighted by Crippen LogP contribution is -2.43. The first-order valence-corrected chi connectivity index (χ1v) is 5.50. The van der Waals surface area contributed by atoms with E-state index < -0.39 is 0 Å². The maximum Gasteiger partial charge on any atom is 0.319 e. The van der Waals surface area contributed by atoms with Gasteiger partial charge in [0.05, 0.1) is 11.9 Å². The molecule has 1 rings (SSSR count). The molecular formula is C12H20N4O. The van der Waals surface area contributed by atoms with Gasteiger partial charge in [0.1, 0.15) is 5.82 Å². The molecule has 0 atom stereocenters. The van der Waals surface area contributed by atoms with E-state index in [2.05, 4.69) is 15.6 Å². The number of pyridine rings is 1. The van der Waals surface area contributed by atoms with Gasteiger partial charge < -0.3 is 15.5 Å². The van der Waals surface area contributed by atoms with Crippen molar-refractivity contribution in [3.05, 3.63) is 18.3 Å². The lowest BCUT2D eigenvalue weighted by molar-refractivity contribution is 0.244. The van der Waals surface area contributed by atoms with E-state index in [0.29, 0.717) is 5.69 Å². The normalized spacial score (nSPS) is 10.9. The van der Waals surface area contributed by atoms with E-state index in [-0.39, 0.29) is 11.6 Å². The summed E-state index contributed by atoms with van der Waals surface area (Å²) in [5, 5.41) is 5.55. The minimum Gasteiger partial charge on any atom is -0.363 e. The Labute approximate surface area is 102 Å². The Bertz CT molecular complexity index is 378. The fraction of sp³-hybridized carbons (Fsp3) is 0.500. The van der Waals surface area contributed by atoms with E-state index in [4.69, 9.17) is 0 Å². The molecular weight excluding hydrogens is 216 g/mol. The van der Waals surface area contributed by atoms with Crippen LogP contribution < -0.4 is 15.5 Å². The van der Waals surface area contributed by atoms with E-state index in [9.17, 15) is 4.79 Å². The molecule has 0 aliphatic rings. The first-order chi connectivity index (χ1) is 7.78. The number of urea groups is 1. The highest BCUT2D eigenvalue weighted by Crippen LogP contribution is 2.11. The highest BCUT2D eigenvalue weighted by atomic mass is 16.2. The Balaban J connectivity index is 2.61. The molecule has 1 heterocycles. The van der Waals surface area contributed by atoms with Crippen LogP contribution in [0.25, 0.3) is 0 Å². The number of nitrogens with one attached hydrogen (secondary N) is 2. The number of anilines is 2. The van der Waals surface area contributed by atoms with E-state index in [1.54, 1.807) is 6.20 Å². The molecule has 5 heteroatoms. The van der Waals surface area contributed by atoms with Crippen LogP contribution >= 0.6 is 0 Å². The zero-order chi connectivity index (χ0) is 13.1. The molecule has 0 aliphatic carbocycles. The van der Waals surface area contributed by atoms with Gasteiger partial charge in [0.2, 0.25) is 0 Å². The maximum absolute atomic E-state index is 11.6. The fourth-order valence-electron chi connectivity index (χ4n) is 1.23. The summed E-state index contributed by atoms with van der Waals surface area (Å²) in [6.45, 7) is 5.79. The van der Waals surface area contributed by atoms with Crippen LogP contribution in [0.3, 0.4) is 0 Å². The highest BCUT2D eigenvalue weighted by Gasteiger charge is 2.13. The third-order valence-corrected chi connectivity index (χ3v) is 1.95. The van der Waals surface area contributed by atoms with Crippen LogP contribution in [0.4, 0.5) is 16.3 Å². The molecule has 0 fully saturated rings. The second-order valence-corrected chi connectivity index (χ2v) is 5.13. The van der Waals surface area contributed by atoms with Gasteiger partial charge in [-0.15, -0.1) is 0 Å². The van der Waals surface area contributed by atoms with Crippen molar-refractivity contribution >= 4 is 17.5 Å². The number of amides is 2. The van der Waals surface area contributed by atoms with Gasteiger partial charge in [-0.25, -0.2) is 9.78 Å². The summed E-state index contributed by atoms with van der Waals surface area (Å²) in [5.74, 6) is 0.853. The van der Waals surface area contributed by atoms with Gasteiger partial charge in [0.25, 0.3) is 0 Å². The average Bonchev–Trinajstić information content (AvgIpc) is 2.15. The van der Waals surface area contributed by atoms with Gasteiger partial charge in [-0.05, 0) is 32.9 Å². The number of aromatic nitrogens is 1. The molecule has 0 radical (unpaired) electrons. The molecule has 17 heavy (non-hydrogen) atoms. The van der Waals surface area contributed by atoms with Crippen LogP contribution in [0.1, 0.15) is 20.8 Å². The second-order valence-electron chi connectivity index (χ2n) is 5.13. The van der Waals surface area contributed by atoms with Gasteiger partial charge in [-0.1, -0.05) is 0 Å². The van der Waals surface area contributed by atoms with Crippen LogP contribution in [0.15, 0.2) is 18.3 Å². The number of carbonyl (C=O) groups excluding carboxylic acids is 1. The summed E-state index contributed by atoms with van der Waals surface area (Å²) in [6, 6.07) is 3.45. The van der Waals surface area contributed by atoms with E-state index in [0.717, 1.165) is 5.82 Å². The maximum atomic E-state index is 11.6. The second kappa shape index (κ2) is 5.03. The largest absolute Gasteiger partial charge is 0.363 e. The average molecular weight is 236 g/mol. The Kier molecular flexibility index (Phi) is 3.93. The van der Waals surface area contributed by atoms with Gasteiger partial charge in [-0.2, -0.15) is 0 Å². The molecule has 2 N–H and O–H groups in total. The fourth-order valence-corrected chi connectivity index (χ4v) is 1.23. The standard InChI is InChI=1S/C12H20N4O/c1-12(2,3)15-11(17)14-9-6-7-10(13-8-9)16(4)5/h6-8H,1-5H3,(H2,14,15,17). The molecule has 1 aromatic rings. The number of hydrogen-bond donors (Lipinski definition) is 2. The molecule has 0 unspecified atom stereocenters. The van der Waals surface area contributed by atoms with Crippen molar-refractivity contribution in [2.24, 2.45) is 0 Å². The Morgan fingerprint density at radius 3 is 2.35 bits per heavy atom. The van der Waals surface area contributed by atoms with Crippen LogP contribution in [-0.2, 0) is 0 Å². The lowest BCUT2D eigenvalue weighted by atomic mass is 10.1. The van der Waals surface area contributed by atoms with Crippen molar-refractivity contribution in [3.63, 3.8) is 0 Å². The quantitative estimate of drug-likeness (QED) is 0.826. The summed E-state index contributed by atoms with van der Waals surface area (Å²) >= 11 is 0. The Hall–Kier alpha value is -1.78. The SMILES string of the molecule is CN(C)c1ccc(NC(=O)NC(C)(C)C)cn1. The zero-order valence-electron chi connectivity index (χ0n) is 11.0. The monoisotopic (exact) mass is 236 g/mol. The van der Waals surface area contributed by atoms with Crippen molar-refractivity contribution < 1.29 is 4.79 Å². The van der Waals surface area contributed by atoms with Gasteiger partial charge in [-0.3, -0.25) is 0 Å². The van der Waals surface area contributed by atoms with Gasteiger partial charge >= 0.3 is 6.03 Å². The summed E-state index contributed by atoms with van der Waals surface area (Å²) in [6.07, 6.45) is 1.64. The molecule has 0 aromatic carbocycles. The highest BCUT2D eigenvalue weighted by molar-refractivity contribution is 5.89. The number of rotatable bonds is 2. The number of hydrogen-bond acceptors (Lipinski definition) is 3. The first kappa shape index (κ1) is 13.3. The van der Waals surface area contributed by atoms with Gasteiger partial charge in [0.15, 0.2) is 0 Å². The molecule has 2 amide bonds. The summed E-state index contributed by atoms with van der Waals surface area (Å²) in [7, 11) is 3.84. The Morgan fingerprint density at radius 2 is 1.94 bits per heavy atom. The van der Waals surface area contributed by atoms with E-state index in [1.807, 2.05) is 51.9 Å². The van der Waals surface area contributed by atoms with Crippen LogP contribution in [0.5, 0.6) is 0 Å². The number of nitrogens with zero attached hydrogens (tertiary/aromatic N) is 2. The van der Waals surface area contributed by atoms with Crippen molar-refractivity contribution in [1.29, 1.82) is 0 Å². The molecule has 94 valence electrons. The lowest BCUT2D eigenvalue weighted by Gasteiger charge is -2.20. The molecule has 5 nitrogen and oxygen atoms in total. The summed E-state index contributed by atoms with van der Waals surface area (Å²) < 4.78 is 0. The molecule has 1 aromatic heterocycles. The molecule has 0 aliphatic heterocycles. The van der Waals surface area contributed by atoms with Crippen molar-refractivity contribution in [2.45, 2.75) is 26.3 Å². The molecule has 0 saturated carbocycles. The zero-order valence-corrected chi connectivity index (χ0v) is 11.0. The van der Waals surface area contributed by atoms with Crippen LogP contribution in [-0.4, -0.2) is 30.6 Å². The Morgan fingerprint density at radius 1 is 1.29 bits per heavy atom. The van der Waals surface area contributed by atoms with Crippen molar-refractivity contribution in [3.8, 4) is 0 Å². The molecule has 0 saturated heterocycles. The van der Waals surface area contributed by atoms with Crippen LogP contribution in [0.2, 0.25) is 0 Å². The summed E-state index contributed by atoms with van der Waals surface area (Å²) in [4.78, 5) is 17.7. The topological polar surface area (TPSA) is 57.3 Å². The van der Waals surface area contributed by atoms with Gasteiger partial charge in [0, 0.05) is 19.6 Å². The van der Waals surface area contributed by atoms with E-state index in [1.165, 1.54) is 0 Å². The molecule has 0 bridgehead atoms. The smallest absolute Gasteiger partial charge is 0.319 e. The number of carbonyl (C=O) groups is 1. The van der Waals surface area contributed by atoms with Crippen molar-refractivity contribution in [2.75, 3.05) is 24.3 Å². The van der Waals surface area contributed by atoms with Crippen LogP contribution in [0, 0.1) is 0 Å². The summed E-state index contributed by atoms with van der Waals surface area (Å²) in [5.41, 5.74) is 0.429.